The number of aryl methyl sites for hydroxylation is 1. The number of carbonyl (C=O) groups is 1. The van der Waals surface area contributed by atoms with Gasteiger partial charge in [0.15, 0.2) is 0 Å². The van der Waals surface area contributed by atoms with Crippen molar-refractivity contribution in [1.29, 1.82) is 0 Å². The Kier molecular flexibility index (Phi) is 7.51. The predicted octanol–water partition coefficient (Wildman–Crippen LogP) is 4.53. The Morgan fingerprint density at radius 2 is 2.03 bits per heavy atom. The van der Waals surface area contributed by atoms with E-state index >= 15 is 0 Å². The first kappa shape index (κ1) is 22.4. The van der Waals surface area contributed by atoms with Crippen molar-refractivity contribution in [2.24, 2.45) is 0 Å². The Morgan fingerprint density at radius 1 is 1.19 bits per heavy atom. The molecule has 4 rings (SSSR count). The second kappa shape index (κ2) is 10.7. The lowest BCUT2D eigenvalue weighted by atomic mass is 9.92. The lowest BCUT2D eigenvalue weighted by Crippen LogP contribution is -2.42. The van der Waals surface area contributed by atoms with Crippen LogP contribution in [0.4, 0.5) is 0 Å². The van der Waals surface area contributed by atoms with E-state index in [0.717, 1.165) is 60.0 Å². The van der Waals surface area contributed by atoms with Crippen molar-refractivity contribution >= 4 is 17.5 Å². The van der Waals surface area contributed by atoms with Gasteiger partial charge in [-0.3, -0.25) is 19.7 Å². The maximum atomic E-state index is 12.5. The Morgan fingerprint density at radius 3 is 2.84 bits per heavy atom. The third-order valence-electron chi connectivity index (χ3n) is 5.87. The minimum Gasteiger partial charge on any atom is -0.349 e. The molecule has 1 fully saturated rings. The molecule has 1 atom stereocenters. The van der Waals surface area contributed by atoms with Gasteiger partial charge in [-0.15, -0.1) is 0 Å². The number of pyridine rings is 2. The van der Waals surface area contributed by atoms with Crippen LogP contribution in [-0.2, 0) is 17.8 Å². The Balaban J connectivity index is 1.38. The van der Waals surface area contributed by atoms with Gasteiger partial charge in [-0.1, -0.05) is 35.9 Å². The van der Waals surface area contributed by atoms with Crippen molar-refractivity contribution < 1.29 is 4.79 Å². The maximum absolute atomic E-state index is 12.5. The summed E-state index contributed by atoms with van der Waals surface area (Å²) < 4.78 is 0. The summed E-state index contributed by atoms with van der Waals surface area (Å²) in [6, 6.07) is 18.1. The number of piperidine rings is 1. The van der Waals surface area contributed by atoms with Gasteiger partial charge in [0.25, 0.3) is 0 Å². The Hall–Kier alpha value is -2.76. The molecular weight excluding hydrogens is 420 g/mol. The van der Waals surface area contributed by atoms with E-state index in [-0.39, 0.29) is 5.91 Å². The number of hydrogen-bond donors (Lipinski definition) is 1. The first-order valence-electron chi connectivity index (χ1n) is 11.2. The van der Waals surface area contributed by atoms with Crippen LogP contribution in [0.5, 0.6) is 0 Å². The fourth-order valence-electron chi connectivity index (χ4n) is 4.33. The molecule has 0 bridgehead atoms. The normalized spacial score (nSPS) is 16.6. The van der Waals surface area contributed by atoms with Gasteiger partial charge in [-0.25, -0.2) is 0 Å². The van der Waals surface area contributed by atoms with Gasteiger partial charge < -0.3 is 5.32 Å². The fourth-order valence-corrected chi connectivity index (χ4v) is 4.53. The average Bonchev–Trinajstić information content (AvgIpc) is 2.80. The summed E-state index contributed by atoms with van der Waals surface area (Å²) in [5.74, 6) is 0.366. The van der Waals surface area contributed by atoms with Crippen LogP contribution in [0, 0.1) is 6.92 Å². The van der Waals surface area contributed by atoms with Crippen LogP contribution in [0.1, 0.15) is 47.0 Å². The second-order valence-electron chi connectivity index (χ2n) is 8.48. The van der Waals surface area contributed by atoms with Crippen LogP contribution in [0.3, 0.4) is 0 Å². The first-order valence-corrected chi connectivity index (χ1v) is 11.5. The highest BCUT2D eigenvalue weighted by atomic mass is 35.5. The third kappa shape index (κ3) is 6.15. The van der Waals surface area contributed by atoms with Crippen LogP contribution in [0.2, 0.25) is 5.02 Å². The molecule has 1 amide bonds. The minimum absolute atomic E-state index is 0.0351. The number of benzene rings is 1. The van der Waals surface area contributed by atoms with Crippen molar-refractivity contribution in [2.75, 3.05) is 19.6 Å². The number of rotatable bonds is 7. The molecule has 1 aliphatic heterocycles. The lowest BCUT2D eigenvalue weighted by molar-refractivity contribution is -0.122. The van der Waals surface area contributed by atoms with E-state index in [2.05, 4.69) is 33.4 Å². The molecule has 0 aliphatic carbocycles. The molecule has 1 saturated heterocycles. The number of halogens is 1. The van der Waals surface area contributed by atoms with Gasteiger partial charge in [-0.2, -0.15) is 0 Å². The van der Waals surface area contributed by atoms with Crippen molar-refractivity contribution in [2.45, 2.75) is 38.6 Å². The summed E-state index contributed by atoms with van der Waals surface area (Å²) in [7, 11) is 0. The molecule has 1 aliphatic rings. The van der Waals surface area contributed by atoms with Crippen LogP contribution in [0.25, 0.3) is 0 Å². The van der Waals surface area contributed by atoms with Gasteiger partial charge in [0.2, 0.25) is 5.91 Å². The molecule has 166 valence electrons. The van der Waals surface area contributed by atoms with E-state index in [1.54, 1.807) is 6.20 Å². The Labute approximate surface area is 194 Å². The van der Waals surface area contributed by atoms with Crippen LogP contribution >= 0.6 is 11.6 Å². The third-order valence-corrected chi connectivity index (χ3v) is 6.24. The van der Waals surface area contributed by atoms with Crippen molar-refractivity contribution in [3.63, 3.8) is 0 Å². The zero-order chi connectivity index (χ0) is 22.3. The molecule has 6 heteroatoms. The number of amides is 1. The SMILES string of the molecule is Cc1cc(Cc2ccccc2Cl)cc([C@@H]2CCCN(CC(=O)NCc3ccccn3)C2)n1. The van der Waals surface area contributed by atoms with E-state index in [0.29, 0.717) is 19.0 Å². The summed E-state index contributed by atoms with van der Waals surface area (Å²) in [5, 5.41) is 3.78. The summed E-state index contributed by atoms with van der Waals surface area (Å²) in [6.07, 6.45) is 4.69. The quantitative estimate of drug-likeness (QED) is 0.577. The molecule has 5 nitrogen and oxygen atoms in total. The minimum atomic E-state index is 0.0351. The first-order chi connectivity index (χ1) is 15.6. The summed E-state index contributed by atoms with van der Waals surface area (Å²) in [6.45, 7) is 4.69. The number of carbonyl (C=O) groups excluding carboxylic acids is 1. The molecular formula is C26H29ClN4O. The fraction of sp³-hybridized carbons (Fsp3) is 0.346. The van der Waals surface area contributed by atoms with Crippen molar-refractivity contribution in [1.82, 2.24) is 20.2 Å². The average molecular weight is 449 g/mol. The molecule has 32 heavy (non-hydrogen) atoms. The smallest absolute Gasteiger partial charge is 0.234 e. The van der Waals surface area contributed by atoms with E-state index in [1.807, 2.05) is 43.3 Å². The zero-order valence-electron chi connectivity index (χ0n) is 18.4. The van der Waals surface area contributed by atoms with Gasteiger partial charge in [0.05, 0.1) is 18.8 Å². The van der Waals surface area contributed by atoms with Crippen LogP contribution in [0.15, 0.2) is 60.8 Å². The number of aromatic nitrogens is 2. The predicted molar refractivity (Wildman–Crippen MR) is 128 cm³/mol. The van der Waals surface area contributed by atoms with Gasteiger partial charge >= 0.3 is 0 Å². The van der Waals surface area contributed by atoms with Crippen LogP contribution in [-0.4, -0.2) is 40.4 Å². The molecule has 0 radical (unpaired) electrons. The highest BCUT2D eigenvalue weighted by Crippen LogP contribution is 2.28. The number of likely N-dealkylation sites (tertiary alicyclic amines) is 1. The molecule has 0 spiro atoms. The highest BCUT2D eigenvalue weighted by Gasteiger charge is 2.24. The largest absolute Gasteiger partial charge is 0.349 e. The molecule has 3 heterocycles. The summed E-state index contributed by atoms with van der Waals surface area (Å²) in [5.41, 5.74) is 5.36. The Bertz CT molecular complexity index is 1060. The topological polar surface area (TPSA) is 58.1 Å². The standard InChI is InChI=1S/C26H29ClN4O/c1-19-13-20(14-21-7-2-3-10-24(21)27)15-25(30-19)22-8-6-12-31(17-22)18-26(32)29-16-23-9-4-5-11-28-23/h2-5,7,9-11,13,15,22H,6,8,12,14,16-18H2,1H3,(H,29,32)/t22-/m1/s1. The molecule has 0 saturated carbocycles. The van der Waals surface area contributed by atoms with Crippen molar-refractivity contribution in [3.05, 3.63) is 94.0 Å². The molecule has 2 aromatic heterocycles. The molecule has 3 aromatic rings. The molecule has 0 unspecified atom stereocenters. The zero-order valence-corrected chi connectivity index (χ0v) is 19.2. The summed E-state index contributed by atoms with van der Waals surface area (Å²) in [4.78, 5) is 23.8. The number of hydrogen-bond acceptors (Lipinski definition) is 4. The monoisotopic (exact) mass is 448 g/mol. The van der Waals surface area contributed by atoms with Gasteiger partial charge in [0, 0.05) is 35.1 Å². The summed E-state index contributed by atoms with van der Waals surface area (Å²) >= 11 is 6.37. The van der Waals surface area contributed by atoms with E-state index in [1.165, 1.54) is 5.56 Å². The highest BCUT2D eigenvalue weighted by molar-refractivity contribution is 6.31. The maximum Gasteiger partial charge on any atom is 0.234 e. The molecule has 1 aromatic carbocycles. The van der Waals surface area contributed by atoms with Crippen LogP contribution < -0.4 is 5.32 Å². The number of nitrogens with one attached hydrogen (secondary N) is 1. The van der Waals surface area contributed by atoms with E-state index in [4.69, 9.17) is 16.6 Å². The van der Waals surface area contributed by atoms with Crippen molar-refractivity contribution in [3.8, 4) is 0 Å². The van der Waals surface area contributed by atoms with Gasteiger partial charge in [0.1, 0.15) is 0 Å². The second-order valence-corrected chi connectivity index (χ2v) is 8.89. The molecule has 1 N–H and O–H groups in total. The lowest BCUT2D eigenvalue weighted by Gasteiger charge is -2.32. The van der Waals surface area contributed by atoms with E-state index in [9.17, 15) is 4.79 Å². The number of nitrogens with zero attached hydrogens (tertiary/aromatic N) is 3. The van der Waals surface area contributed by atoms with E-state index < -0.39 is 0 Å². The van der Waals surface area contributed by atoms with Gasteiger partial charge in [-0.05, 0) is 74.2 Å².